The van der Waals surface area contributed by atoms with Crippen LogP contribution in [0.25, 0.3) is 11.0 Å². The Labute approximate surface area is 118 Å². The molecule has 0 aliphatic carbocycles. The molecular weight excluding hydrogens is 260 g/mol. The fourth-order valence-corrected chi connectivity index (χ4v) is 2.38. The molecule has 0 unspecified atom stereocenters. The second kappa shape index (κ2) is 6.35. The largest absolute Gasteiger partial charge is 0.456 e. The van der Waals surface area contributed by atoms with Gasteiger partial charge in [0.15, 0.2) is 11.4 Å². The van der Waals surface area contributed by atoms with E-state index in [0.717, 1.165) is 24.6 Å². The standard InChI is InChI=1S/C16H21F2NO/c1-4-7-19-9-14-11(8-10(2)3)15-12(17)5-6-13(18)16(15)20-14/h5-6,10,19H,4,7-9H2,1-3H3. The summed E-state index contributed by atoms with van der Waals surface area (Å²) in [6.07, 6.45) is 1.68. The molecule has 4 heteroatoms. The third-order valence-corrected chi connectivity index (χ3v) is 3.25. The summed E-state index contributed by atoms with van der Waals surface area (Å²) in [5, 5.41) is 3.52. The van der Waals surface area contributed by atoms with Crippen molar-refractivity contribution in [3.8, 4) is 0 Å². The number of halogens is 2. The minimum atomic E-state index is -0.506. The first kappa shape index (κ1) is 15.0. The van der Waals surface area contributed by atoms with Crippen LogP contribution in [0.4, 0.5) is 8.78 Å². The van der Waals surface area contributed by atoms with Gasteiger partial charge in [-0.3, -0.25) is 0 Å². The van der Waals surface area contributed by atoms with Gasteiger partial charge < -0.3 is 9.73 Å². The molecule has 1 aromatic carbocycles. The van der Waals surface area contributed by atoms with Crippen LogP contribution in [0.5, 0.6) is 0 Å². The highest BCUT2D eigenvalue weighted by Crippen LogP contribution is 2.32. The third kappa shape index (κ3) is 3.01. The van der Waals surface area contributed by atoms with E-state index >= 15 is 0 Å². The first-order valence-electron chi connectivity index (χ1n) is 7.13. The summed E-state index contributed by atoms with van der Waals surface area (Å²) >= 11 is 0. The van der Waals surface area contributed by atoms with Gasteiger partial charge in [-0.2, -0.15) is 0 Å². The van der Waals surface area contributed by atoms with Crippen molar-refractivity contribution in [3.05, 3.63) is 35.1 Å². The fourth-order valence-electron chi connectivity index (χ4n) is 2.38. The Bertz CT molecular complexity index is 590. The van der Waals surface area contributed by atoms with E-state index < -0.39 is 11.6 Å². The molecule has 1 N–H and O–H groups in total. The number of hydrogen-bond acceptors (Lipinski definition) is 2. The van der Waals surface area contributed by atoms with Gasteiger partial charge in [-0.25, -0.2) is 8.78 Å². The predicted octanol–water partition coefficient (Wildman–Crippen LogP) is 4.41. The molecule has 0 spiro atoms. The molecule has 0 aliphatic heterocycles. The van der Waals surface area contributed by atoms with Crippen LogP contribution in [-0.4, -0.2) is 6.54 Å². The average Bonchev–Trinajstić information content (AvgIpc) is 2.74. The Morgan fingerprint density at radius 3 is 2.55 bits per heavy atom. The Hall–Kier alpha value is -1.42. The quantitative estimate of drug-likeness (QED) is 0.793. The van der Waals surface area contributed by atoms with Gasteiger partial charge >= 0.3 is 0 Å². The number of hydrogen-bond donors (Lipinski definition) is 1. The maximum absolute atomic E-state index is 14.0. The van der Waals surface area contributed by atoms with Crippen LogP contribution in [0.2, 0.25) is 0 Å². The zero-order valence-corrected chi connectivity index (χ0v) is 12.2. The first-order chi connectivity index (χ1) is 9.54. The van der Waals surface area contributed by atoms with Gasteiger partial charge in [-0.05, 0) is 37.4 Å². The van der Waals surface area contributed by atoms with Crippen molar-refractivity contribution < 1.29 is 13.2 Å². The van der Waals surface area contributed by atoms with E-state index in [0.29, 0.717) is 30.0 Å². The molecule has 0 fully saturated rings. The van der Waals surface area contributed by atoms with E-state index in [1.54, 1.807) is 0 Å². The van der Waals surface area contributed by atoms with Crippen LogP contribution in [0, 0.1) is 17.6 Å². The molecule has 20 heavy (non-hydrogen) atoms. The Kier molecular flexibility index (Phi) is 4.76. The summed E-state index contributed by atoms with van der Waals surface area (Å²) in [4.78, 5) is 0. The number of furan rings is 1. The second-order valence-corrected chi connectivity index (χ2v) is 5.51. The summed E-state index contributed by atoms with van der Waals surface area (Å²) in [7, 11) is 0. The minimum Gasteiger partial charge on any atom is -0.456 e. The highest BCUT2D eigenvalue weighted by Gasteiger charge is 2.20. The van der Waals surface area contributed by atoms with Crippen LogP contribution in [0.1, 0.15) is 38.5 Å². The lowest BCUT2D eigenvalue weighted by atomic mass is 9.99. The number of fused-ring (bicyclic) bond motifs is 1. The van der Waals surface area contributed by atoms with Crippen LogP contribution in [0.15, 0.2) is 16.5 Å². The molecule has 0 saturated carbocycles. The van der Waals surface area contributed by atoms with Crippen molar-refractivity contribution in [1.29, 1.82) is 0 Å². The van der Waals surface area contributed by atoms with Gasteiger partial charge in [-0.1, -0.05) is 20.8 Å². The van der Waals surface area contributed by atoms with Gasteiger partial charge in [0.1, 0.15) is 11.6 Å². The van der Waals surface area contributed by atoms with Gasteiger partial charge in [0.25, 0.3) is 0 Å². The van der Waals surface area contributed by atoms with Gasteiger partial charge in [0.2, 0.25) is 0 Å². The van der Waals surface area contributed by atoms with Crippen molar-refractivity contribution in [2.45, 2.75) is 40.2 Å². The Balaban J connectivity index is 2.49. The molecule has 0 amide bonds. The molecule has 0 atom stereocenters. The SMILES string of the molecule is CCCNCc1oc2c(F)ccc(F)c2c1CC(C)C. The molecule has 2 rings (SSSR count). The maximum atomic E-state index is 14.0. The monoisotopic (exact) mass is 281 g/mol. The van der Waals surface area contributed by atoms with Crippen LogP contribution < -0.4 is 5.32 Å². The highest BCUT2D eigenvalue weighted by atomic mass is 19.1. The normalized spacial score (nSPS) is 11.7. The summed E-state index contributed by atoms with van der Waals surface area (Å²) in [5.41, 5.74) is 0.824. The Morgan fingerprint density at radius 1 is 1.20 bits per heavy atom. The highest BCUT2D eigenvalue weighted by molar-refractivity contribution is 5.83. The lowest BCUT2D eigenvalue weighted by Gasteiger charge is -2.07. The van der Waals surface area contributed by atoms with Gasteiger partial charge in [0, 0.05) is 5.56 Å². The minimum absolute atomic E-state index is 0.0361. The number of rotatable bonds is 6. The molecule has 0 radical (unpaired) electrons. The number of nitrogens with one attached hydrogen (secondary N) is 1. The summed E-state index contributed by atoms with van der Waals surface area (Å²) in [6.45, 7) is 7.53. The molecule has 1 heterocycles. The van der Waals surface area contributed by atoms with Crippen molar-refractivity contribution in [2.24, 2.45) is 5.92 Å². The molecule has 110 valence electrons. The van der Waals surface area contributed by atoms with Crippen molar-refractivity contribution in [3.63, 3.8) is 0 Å². The second-order valence-electron chi connectivity index (χ2n) is 5.51. The first-order valence-corrected chi connectivity index (χ1v) is 7.13. The zero-order chi connectivity index (χ0) is 14.7. The van der Waals surface area contributed by atoms with E-state index in [2.05, 4.69) is 26.1 Å². The van der Waals surface area contributed by atoms with E-state index in [4.69, 9.17) is 4.42 Å². The molecule has 0 saturated heterocycles. The summed E-state index contributed by atoms with van der Waals surface area (Å²) < 4.78 is 33.4. The average molecular weight is 281 g/mol. The molecule has 0 aliphatic rings. The third-order valence-electron chi connectivity index (χ3n) is 3.25. The molecule has 2 aromatic rings. The topological polar surface area (TPSA) is 25.2 Å². The van der Waals surface area contributed by atoms with E-state index in [1.807, 2.05) is 0 Å². The molecule has 0 bridgehead atoms. The molecule has 1 aromatic heterocycles. The van der Waals surface area contributed by atoms with Crippen LogP contribution in [-0.2, 0) is 13.0 Å². The van der Waals surface area contributed by atoms with Crippen molar-refractivity contribution >= 4 is 11.0 Å². The smallest absolute Gasteiger partial charge is 0.173 e. The number of benzene rings is 1. The predicted molar refractivity (Wildman–Crippen MR) is 76.7 cm³/mol. The lowest BCUT2D eigenvalue weighted by molar-refractivity contribution is 0.485. The van der Waals surface area contributed by atoms with Crippen molar-refractivity contribution in [2.75, 3.05) is 6.54 Å². The van der Waals surface area contributed by atoms with Crippen molar-refractivity contribution in [1.82, 2.24) is 5.32 Å². The van der Waals surface area contributed by atoms with Gasteiger partial charge in [0.05, 0.1) is 11.9 Å². The van der Waals surface area contributed by atoms with Crippen LogP contribution in [0.3, 0.4) is 0 Å². The lowest BCUT2D eigenvalue weighted by Crippen LogP contribution is -2.14. The zero-order valence-electron chi connectivity index (χ0n) is 12.2. The molecule has 2 nitrogen and oxygen atoms in total. The van der Waals surface area contributed by atoms with E-state index in [1.165, 1.54) is 6.07 Å². The van der Waals surface area contributed by atoms with Gasteiger partial charge in [-0.15, -0.1) is 0 Å². The maximum Gasteiger partial charge on any atom is 0.173 e. The molecular formula is C16H21F2NO. The fraction of sp³-hybridized carbons (Fsp3) is 0.500. The van der Waals surface area contributed by atoms with E-state index in [-0.39, 0.29) is 5.58 Å². The van der Waals surface area contributed by atoms with Crippen LogP contribution >= 0.6 is 0 Å². The summed E-state index contributed by atoms with van der Waals surface area (Å²) in [5.74, 6) is 0.0743. The van der Waals surface area contributed by atoms with E-state index in [9.17, 15) is 8.78 Å². The summed E-state index contributed by atoms with van der Waals surface area (Å²) in [6, 6.07) is 2.28. The Morgan fingerprint density at radius 2 is 1.90 bits per heavy atom.